The van der Waals surface area contributed by atoms with Gasteiger partial charge >= 0.3 is 0 Å². The molecule has 1 heterocycles. The standard InChI is InChI=1S/C14H11N3O/c15-10-7-5-9(6-8-10)13-14(18)11-3-1-2-4-12(11)16-17-13/h1-8H,15H2,(H,16,18). The summed E-state index contributed by atoms with van der Waals surface area (Å²) in [6.45, 7) is 0. The maximum Gasteiger partial charge on any atom is 0.215 e. The maximum atomic E-state index is 12.3. The van der Waals surface area contributed by atoms with Crippen LogP contribution in [-0.2, 0) is 0 Å². The fourth-order valence-corrected chi connectivity index (χ4v) is 1.91. The summed E-state index contributed by atoms with van der Waals surface area (Å²) in [7, 11) is 0. The van der Waals surface area contributed by atoms with Gasteiger partial charge in [-0.15, -0.1) is 0 Å². The van der Waals surface area contributed by atoms with Crippen LogP contribution < -0.4 is 11.2 Å². The summed E-state index contributed by atoms with van der Waals surface area (Å²) in [4.78, 5) is 12.3. The van der Waals surface area contributed by atoms with Gasteiger partial charge in [0.05, 0.1) is 5.52 Å². The van der Waals surface area contributed by atoms with E-state index in [-0.39, 0.29) is 5.43 Å². The minimum Gasteiger partial charge on any atom is -0.399 e. The number of nitrogen functional groups attached to an aromatic ring is 1. The number of anilines is 1. The second-order valence-corrected chi connectivity index (χ2v) is 4.07. The quantitative estimate of drug-likeness (QED) is 0.637. The molecule has 0 fully saturated rings. The Kier molecular flexibility index (Phi) is 2.34. The lowest BCUT2D eigenvalue weighted by molar-refractivity contribution is 1.07. The highest BCUT2D eigenvalue weighted by atomic mass is 16.1. The summed E-state index contributed by atoms with van der Waals surface area (Å²) in [5, 5.41) is 7.66. The van der Waals surface area contributed by atoms with E-state index in [4.69, 9.17) is 5.73 Å². The van der Waals surface area contributed by atoms with Crippen LogP contribution in [0.5, 0.6) is 0 Å². The molecule has 18 heavy (non-hydrogen) atoms. The molecule has 3 N–H and O–H groups in total. The molecule has 2 aromatic carbocycles. The average Bonchev–Trinajstić information content (AvgIpc) is 2.41. The van der Waals surface area contributed by atoms with Crippen molar-refractivity contribution < 1.29 is 0 Å². The molecular formula is C14H11N3O. The molecule has 4 nitrogen and oxygen atoms in total. The Bertz CT molecular complexity index is 760. The Morgan fingerprint density at radius 2 is 1.72 bits per heavy atom. The number of rotatable bonds is 1. The van der Waals surface area contributed by atoms with E-state index in [0.717, 1.165) is 11.1 Å². The third-order valence-electron chi connectivity index (χ3n) is 2.86. The van der Waals surface area contributed by atoms with Crippen LogP contribution in [0.2, 0.25) is 0 Å². The zero-order valence-electron chi connectivity index (χ0n) is 9.55. The summed E-state index contributed by atoms with van der Waals surface area (Å²) in [5.74, 6) is 0. The molecule has 0 amide bonds. The first-order chi connectivity index (χ1) is 8.75. The summed E-state index contributed by atoms with van der Waals surface area (Å²) < 4.78 is 0. The first-order valence-corrected chi connectivity index (χ1v) is 5.59. The van der Waals surface area contributed by atoms with Crippen molar-refractivity contribution in [3.63, 3.8) is 0 Å². The molecule has 3 rings (SSSR count). The van der Waals surface area contributed by atoms with Gasteiger partial charge in [-0.1, -0.05) is 24.3 Å². The van der Waals surface area contributed by atoms with Crippen molar-refractivity contribution in [3.05, 3.63) is 58.8 Å². The Balaban J connectivity index is 2.27. The number of nitrogens with one attached hydrogen (secondary N) is 1. The molecule has 0 saturated heterocycles. The van der Waals surface area contributed by atoms with E-state index < -0.39 is 0 Å². The topological polar surface area (TPSA) is 71.8 Å². The Hall–Kier alpha value is -2.62. The van der Waals surface area contributed by atoms with Crippen molar-refractivity contribution in [1.82, 2.24) is 10.2 Å². The molecule has 3 aromatic rings. The lowest BCUT2D eigenvalue weighted by atomic mass is 10.1. The number of para-hydroxylation sites is 1. The average molecular weight is 237 g/mol. The molecule has 0 unspecified atom stereocenters. The molecular weight excluding hydrogens is 226 g/mol. The van der Waals surface area contributed by atoms with Crippen LogP contribution in [0.25, 0.3) is 22.2 Å². The zero-order chi connectivity index (χ0) is 12.5. The molecule has 88 valence electrons. The molecule has 0 aliphatic rings. The summed E-state index contributed by atoms with van der Waals surface area (Å²) >= 11 is 0. The van der Waals surface area contributed by atoms with Crippen LogP contribution >= 0.6 is 0 Å². The van der Waals surface area contributed by atoms with Crippen LogP contribution in [0.4, 0.5) is 5.69 Å². The third-order valence-corrected chi connectivity index (χ3v) is 2.86. The fourth-order valence-electron chi connectivity index (χ4n) is 1.91. The van der Waals surface area contributed by atoms with Gasteiger partial charge in [-0.25, -0.2) is 0 Å². The smallest absolute Gasteiger partial charge is 0.215 e. The van der Waals surface area contributed by atoms with Gasteiger partial charge < -0.3 is 5.73 Å². The van der Waals surface area contributed by atoms with E-state index in [9.17, 15) is 4.79 Å². The number of aromatic amines is 1. The Morgan fingerprint density at radius 1 is 1.00 bits per heavy atom. The maximum absolute atomic E-state index is 12.3. The number of hydrogen-bond acceptors (Lipinski definition) is 3. The van der Waals surface area contributed by atoms with Gasteiger partial charge in [0.25, 0.3) is 0 Å². The van der Waals surface area contributed by atoms with Gasteiger partial charge in [0, 0.05) is 16.6 Å². The summed E-state index contributed by atoms with van der Waals surface area (Å²) in [6, 6.07) is 14.4. The first kappa shape index (κ1) is 10.5. The van der Waals surface area contributed by atoms with Crippen molar-refractivity contribution in [2.75, 3.05) is 5.73 Å². The molecule has 0 atom stereocenters. The monoisotopic (exact) mass is 237 g/mol. The lowest BCUT2D eigenvalue weighted by Gasteiger charge is -2.02. The second-order valence-electron chi connectivity index (χ2n) is 4.07. The Morgan fingerprint density at radius 3 is 2.50 bits per heavy atom. The fraction of sp³-hybridized carbons (Fsp3) is 0. The lowest BCUT2D eigenvalue weighted by Crippen LogP contribution is -2.09. The zero-order valence-corrected chi connectivity index (χ0v) is 9.55. The van der Waals surface area contributed by atoms with Gasteiger partial charge in [0.2, 0.25) is 5.43 Å². The highest BCUT2D eigenvalue weighted by Gasteiger charge is 2.08. The third kappa shape index (κ3) is 1.64. The predicted molar refractivity (Wildman–Crippen MR) is 72.2 cm³/mol. The largest absolute Gasteiger partial charge is 0.399 e. The van der Waals surface area contributed by atoms with Crippen LogP contribution in [-0.4, -0.2) is 10.2 Å². The molecule has 0 aliphatic heterocycles. The molecule has 0 saturated carbocycles. The summed E-state index contributed by atoms with van der Waals surface area (Å²) in [6.07, 6.45) is 0. The van der Waals surface area contributed by atoms with E-state index in [0.29, 0.717) is 16.8 Å². The molecule has 0 bridgehead atoms. The number of benzene rings is 2. The molecule has 4 heteroatoms. The first-order valence-electron chi connectivity index (χ1n) is 5.59. The van der Waals surface area contributed by atoms with E-state index in [2.05, 4.69) is 10.2 Å². The van der Waals surface area contributed by atoms with Crippen LogP contribution in [0.3, 0.4) is 0 Å². The van der Waals surface area contributed by atoms with Crippen LogP contribution in [0.15, 0.2) is 53.3 Å². The van der Waals surface area contributed by atoms with E-state index in [1.165, 1.54) is 0 Å². The Labute approximate surface area is 103 Å². The number of hydrogen-bond donors (Lipinski definition) is 2. The van der Waals surface area contributed by atoms with Gasteiger partial charge in [-0.05, 0) is 24.3 Å². The summed E-state index contributed by atoms with van der Waals surface area (Å²) in [5.41, 5.74) is 8.12. The van der Waals surface area contributed by atoms with Gasteiger partial charge in [-0.2, -0.15) is 5.10 Å². The molecule has 0 spiro atoms. The normalized spacial score (nSPS) is 10.7. The number of aromatic nitrogens is 2. The van der Waals surface area contributed by atoms with Crippen molar-refractivity contribution in [2.24, 2.45) is 0 Å². The van der Waals surface area contributed by atoms with Crippen molar-refractivity contribution >= 4 is 16.6 Å². The van der Waals surface area contributed by atoms with Gasteiger partial charge in [0.15, 0.2) is 0 Å². The van der Waals surface area contributed by atoms with Gasteiger partial charge in [0.1, 0.15) is 5.69 Å². The van der Waals surface area contributed by atoms with E-state index in [1.807, 2.05) is 18.2 Å². The van der Waals surface area contributed by atoms with E-state index in [1.54, 1.807) is 30.3 Å². The number of H-pyrrole nitrogens is 1. The molecule has 1 aromatic heterocycles. The number of fused-ring (bicyclic) bond motifs is 1. The van der Waals surface area contributed by atoms with E-state index >= 15 is 0 Å². The number of nitrogens with zero attached hydrogens (tertiary/aromatic N) is 1. The second kappa shape index (κ2) is 4.00. The SMILES string of the molecule is Nc1ccc(-c2n[nH]c3ccccc3c2=O)cc1. The highest BCUT2D eigenvalue weighted by molar-refractivity contribution is 5.81. The van der Waals surface area contributed by atoms with Crippen molar-refractivity contribution in [1.29, 1.82) is 0 Å². The molecule has 0 aliphatic carbocycles. The van der Waals surface area contributed by atoms with Crippen molar-refractivity contribution in [2.45, 2.75) is 0 Å². The highest BCUT2D eigenvalue weighted by Crippen LogP contribution is 2.16. The minimum absolute atomic E-state index is 0.0749. The minimum atomic E-state index is -0.0749. The van der Waals surface area contributed by atoms with Crippen LogP contribution in [0.1, 0.15) is 0 Å². The van der Waals surface area contributed by atoms with Gasteiger partial charge in [-0.3, -0.25) is 9.89 Å². The predicted octanol–water partition coefficient (Wildman–Crippen LogP) is 2.17. The van der Waals surface area contributed by atoms with Crippen molar-refractivity contribution in [3.8, 4) is 11.3 Å². The molecule has 0 radical (unpaired) electrons. The number of nitrogens with two attached hydrogens (primary N) is 1. The van der Waals surface area contributed by atoms with Crippen LogP contribution in [0, 0.1) is 0 Å².